The lowest BCUT2D eigenvalue weighted by molar-refractivity contribution is -0.137. The molecule has 0 atom stereocenters. The number of hydrogen-bond acceptors (Lipinski definition) is 2. The molecule has 0 amide bonds. The number of hydrogen-bond donors (Lipinski definition) is 1. The molecule has 0 aliphatic heterocycles. The summed E-state index contributed by atoms with van der Waals surface area (Å²) in [5.74, 6) is -0.425. The fourth-order valence-corrected chi connectivity index (χ4v) is 1.84. The number of halogens is 4. The predicted molar refractivity (Wildman–Crippen MR) is 71.7 cm³/mol. The molecule has 2 nitrogen and oxygen atoms in total. The molecule has 0 heterocycles. The Bertz CT molecular complexity index is 625. The van der Waals surface area contributed by atoms with E-state index in [1.165, 1.54) is 25.3 Å². The molecular weight excluding hydrogens is 286 g/mol. The second-order valence-corrected chi connectivity index (χ2v) is 4.40. The van der Waals surface area contributed by atoms with Crippen molar-refractivity contribution in [1.82, 2.24) is 0 Å². The van der Waals surface area contributed by atoms with Crippen LogP contribution in [0.15, 0.2) is 42.5 Å². The molecule has 6 heteroatoms. The minimum absolute atomic E-state index is 0.111. The predicted octanol–water partition coefficient (Wildman–Crippen LogP) is 4.47. The molecule has 0 aliphatic rings. The molecule has 0 bridgehead atoms. The van der Waals surface area contributed by atoms with Gasteiger partial charge in [0.15, 0.2) is 11.6 Å². The zero-order valence-electron chi connectivity index (χ0n) is 11.2. The Balaban J connectivity index is 2.08. The van der Waals surface area contributed by atoms with Crippen molar-refractivity contribution in [3.05, 3.63) is 59.4 Å². The molecule has 0 aromatic heterocycles. The summed E-state index contributed by atoms with van der Waals surface area (Å²) in [7, 11) is 1.36. The highest BCUT2D eigenvalue weighted by Gasteiger charge is 2.30. The third-order valence-electron chi connectivity index (χ3n) is 2.90. The van der Waals surface area contributed by atoms with E-state index in [0.717, 1.165) is 12.1 Å². The number of ether oxygens (including phenoxy) is 1. The molecule has 21 heavy (non-hydrogen) atoms. The van der Waals surface area contributed by atoms with Gasteiger partial charge in [-0.3, -0.25) is 0 Å². The molecule has 2 rings (SSSR count). The summed E-state index contributed by atoms with van der Waals surface area (Å²) in [5.41, 5.74) is 0.217. The quantitative estimate of drug-likeness (QED) is 0.841. The average Bonchev–Trinajstić information content (AvgIpc) is 2.45. The molecule has 2 aromatic carbocycles. The standard InChI is InChI=1S/C15H13F4NO/c1-21-14-6-5-12(8-13(14)16)20-9-10-3-2-4-11(7-10)15(17,18)19/h2-8,20H,9H2,1H3. The largest absolute Gasteiger partial charge is 0.494 e. The number of rotatable bonds is 4. The third-order valence-corrected chi connectivity index (χ3v) is 2.90. The summed E-state index contributed by atoms with van der Waals surface area (Å²) in [5, 5.41) is 2.87. The van der Waals surface area contributed by atoms with E-state index in [2.05, 4.69) is 5.32 Å². The fourth-order valence-electron chi connectivity index (χ4n) is 1.84. The number of anilines is 1. The topological polar surface area (TPSA) is 21.3 Å². The molecule has 0 spiro atoms. The average molecular weight is 299 g/mol. The van der Waals surface area contributed by atoms with Crippen molar-refractivity contribution in [1.29, 1.82) is 0 Å². The molecule has 0 unspecified atom stereocenters. The summed E-state index contributed by atoms with van der Waals surface area (Å²) >= 11 is 0. The molecule has 0 radical (unpaired) electrons. The number of benzene rings is 2. The van der Waals surface area contributed by atoms with E-state index in [-0.39, 0.29) is 12.3 Å². The second kappa shape index (κ2) is 6.03. The van der Waals surface area contributed by atoms with Crippen LogP contribution in [0.25, 0.3) is 0 Å². The van der Waals surface area contributed by atoms with E-state index >= 15 is 0 Å². The van der Waals surface area contributed by atoms with Crippen molar-refractivity contribution >= 4 is 5.69 Å². The SMILES string of the molecule is COc1ccc(NCc2cccc(C(F)(F)F)c2)cc1F. The van der Waals surface area contributed by atoms with E-state index in [4.69, 9.17) is 4.74 Å². The maximum atomic E-state index is 13.5. The fraction of sp³-hybridized carbons (Fsp3) is 0.200. The first-order chi connectivity index (χ1) is 9.90. The van der Waals surface area contributed by atoms with Crippen molar-refractivity contribution in [2.45, 2.75) is 12.7 Å². The highest BCUT2D eigenvalue weighted by molar-refractivity contribution is 5.47. The van der Waals surface area contributed by atoms with Gasteiger partial charge in [-0.05, 0) is 29.8 Å². The van der Waals surface area contributed by atoms with Crippen molar-refractivity contribution in [2.75, 3.05) is 12.4 Å². The van der Waals surface area contributed by atoms with Crippen LogP contribution in [0.1, 0.15) is 11.1 Å². The van der Waals surface area contributed by atoms with Gasteiger partial charge in [-0.1, -0.05) is 12.1 Å². The van der Waals surface area contributed by atoms with Gasteiger partial charge in [-0.25, -0.2) is 4.39 Å². The van der Waals surface area contributed by atoms with Crippen molar-refractivity contribution in [2.24, 2.45) is 0 Å². The highest BCUT2D eigenvalue weighted by Crippen LogP contribution is 2.29. The number of methoxy groups -OCH3 is 1. The molecule has 0 aliphatic carbocycles. The Morgan fingerprint density at radius 3 is 2.48 bits per heavy atom. The van der Waals surface area contributed by atoms with Gasteiger partial charge in [0.05, 0.1) is 12.7 Å². The van der Waals surface area contributed by atoms with Gasteiger partial charge in [-0.2, -0.15) is 13.2 Å². The van der Waals surface area contributed by atoms with Gasteiger partial charge in [0, 0.05) is 18.3 Å². The first kappa shape index (κ1) is 15.2. The molecule has 0 saturated carbocycles. The monoisotopic (exact) mass is 299 g/mol. The molecule has 0 fully saturated rings. The van der Waals surface area contributed by atoms with Gasteiger partial charge in [-0.15, -0.1) is 0 Å². The van der Waals surface area contributed by atoms with E-state index in [1.807, 2.05) is 0 Å². The van der Waals surface area contributed by atoms with Gasteiger partial charge in [0.2, 0.25) is 0 Å². The third kappa shape index (κ3) is 3.87. The van der Waals surface area contributed by atoms with Crippen LogP contribution < -0.4 is 10.1 Å². The zero-order chi connectivity index (χ0) is 15.5. The molecule has 112 valence electrons. The Morgan fingerprint density at radius 1 is 1.10 bits per heavy atom. The van der Waals surface area contributed by atoms with Crippen LogP contribution in [-0.4, -0.2) is 7.11 Å². The highest BCUT2D eigenvalue weighted by atomic mass is 19.4. The van der Waals surface area contributed by atoms with Gasteiger partial charge in [0.25, 0.3) is 0 Å². The lowest BCUT2D eigenvalue weighted by Crippen LogP contribution is -2.07. The second-order valence-electron chi connectivity index (χ2n) is 4.40. The summed E-state index contributed by atoms with van der Waals surface area (Å²) in [6.45, 7) is 0.162. The lowest BCUT2D eigenvalue weighted by atomic mass is 10.1. The summed E-state index contributed by atoms with van der Waals surface area (Å²) in [6, 6.07) is 9.26. The number of alkyl halides is 3. The van der Waals surface area contributed by atoms with Crippen LogP contribution in [-0.2, 0) is 12.7 Å². The normalized spacial score (nSPS) is 11.3. The lowest BCUT2D eigenvalue weighted by Gasteiger charge is -2.11. The molecule has 2 aromatic rings. The Hall–Kier alpha value is -2.24. The van der Waals surface area contributed by atoms with Gasteiger partial charge in [0.1, 0.15) is 0 Å². The smallest absolute Gasteiger partial charge is 0.416 e. The van der Waals surface area contributed by atoms with Crippen LogP contribution in [0, 0.1) is 5.82 Å². The maximum Gasteiger partial charge on any atom is 0.416 e. The van der Waals surface area contributed by atoms with E-state index in [9.17, 15) is 17.6 Å². The van der Waals surface area contributed by atoms with Gasteiger partial charge >= 0.3 is 6.18 Å². The first-order valence-corrected chi connectivity index (χ1v) is 6.13. The van der Waals surface area contributed by atoms with E-state index in [0.29, 0.717) is 11.3 Å². The van der Waals surface area contributed by atoms with E-state index < -0.39 is 17.6 Å². The van der Waals surface area contributed by atoms with Crippen LogP contribution in [0.3, 0.4) is 0 Å². The first-order valence-electron chi connectivity index (χ1n) is 6.13. The summed E-state index contributed by atoms with van der Waals surface area (Å²) in [6.07, 6.45) is -4.37. The summed E-state index contributed by atoms with van der Waals surface area (Å²) in [4.78, 5) is 0. The molecular formula is C15H13F4NO. The maximum absolute atomic E-state index is 13.5. The minimum atomic E-state index is -4.37. The minimum Gasteiger partial charge on any atom is -0.494 e. The summed E-state index contributed by atoms with van der Waals surface area (Å²) < 4.78 is 56.0. The Morgan fingerprint density at radius 2 is 1.86 bits per heavy atom. The van der Waals surface area contributed by atoms with E-state index in [1.54, 1.807) is 12.1 Å². The van der Waals surface area contributed by atoms with Crippen LogP contribution in [0.2, 0.25) is 0 Å². The Kier molecular flexibility index (Phi) is 4.35. The van der Waals surface area contributed by atoms with Gasteiger partial charge < -0.3 is 10.1 Å². The molecule has 0 saturated heterocycles. The van der Waals surface area contributed by atoms with Crippen LogP contribution in [0.4, 0.5) is 23.2 Å². The van der Waals surface area contributed by atoms with Crippen molar-refractivity contribution in [3.8, 4) is 5.75 Å². The number of nitrogens with one attached hydrogen (secondary N) is 1. The van der Waals surface area contributed by atoms with Crippen molar-refractivity contribution in [3.63, 3.8) is 0 Å². The van der Waals surface area contributed by atoms with Crippen LogP contribution in [0.5, 0.6) is 5.75 Å². The Labute approximate surface area is 119 Å². The van der Waals surface area contributed by atoms with Crippen molar-refractivity contribution < 1.29 is 22.3 Å². The van der Waals surface area contributed by atoms with Crippen LogP contribution >= 0.6 is 0 Å². The molecule has 1 N–H and O–H groups in total. The zero-order valence-corrected chi connectivity index (χ0v) is 11.2.